The van der Waals surface area contributed by atoms with Gasteiger partial charge in [0.15, 0.2) is 0 Å². The summed E-state index contributed by atoms with van der Waals surface area (Å²) in [5.41, 5.74) is 3.13. The molecule has 148 valence electrons. The molecule has 0 radical (unpaired) electrons. The summed E-state index contributed by atoms with van der Waals surface area (Å²) >= 11 is 0. The highest BCUT2D eigenvalue weighted by Gasteiger charge is 2.16. The monoisotopic (exact) mass is 379 g/mol. The molecule has 1 amide bonds. The van der Waals surface area contributed by atoms with E-state index in [1.54, 1.807) is 13.8 Å². The molecule has 28 heavy (non-hydrogen) atoms. The van der Waals surface area contributed by atoms with Gasteiger partial charge in [-0.2, -0.15) is 5.26 Å². The molecule has 0 saturated heterocycles. The Hall–Kier alpha value is -2.87. The van der Waals surface area contributed by atoms with Crippen molar-refractivity contribution in [3.8, 4) is 6.07 Å². The lowest BCUT2D eigenvalue weighted by molar-refractivity contribution is -0.121. The third-order valence-corrected chi connectivity index (χ3v) is 5.16. The molecule has 0 aliphatic rings. The van der Waals surface area contributed by atoms with Crippen LogP contribution in [0.4, 0.5) is 0 Å². The third-order valence-electron chi connectivity index (χ3n) is 5.16. The molecule has 0 bridgehead atoms. The molecule has 1 heterocycles. The van der Waals surface area contributed by atoms with Crippen molar-refractivity contribution < 1.29 is 4.79 Å². The molecule has 0 aliphatic carbocycles. The van der Waals surface area contributed by atoms with Crippen LogP contribution in [0.15, 0.2) is 35.1 Å². The quantitative estimate of drug-likeness (QED) is 0.639. The Kier molecular flexibility index (Phi) is 8.01. The highest BCUT2D eigenvalue weighted by molar-refractivity contribution is 5.76. The summed E-state index contributed by atoms with van der Waals surface area (Å²) in [6, 6.07) is 12.0. The van der Waals surface area contributed by atoms with Crippen molar-refractivity contribution in [2.45, 2.75) is 65.3 Å². The number of hydrogen-bond acceptors (Lipinski definition) is 3. The lowest BCUT2D eigenvalue weighted by Gasteiger charge is -2.20. The zero-order valence-corrected chi connectivity index (χ0v) is 17.0. The fourth-order valence-corrected chi connectivity index (χ4v) is 3.53. The minimum atomic E-state index is -0.370. The largest absolute Gasteiger partial charge is 0.349 e. The summed E-state index contributed by atoms with van der Waals surface area (Å²) in [6.45, 7) is 5.74. The molecule has 2 rings (SSSR count). The number of hydrogen-bond donors (Lipinski definition) is 2. The van der Waals surface area contributed by atoms with Crippen LogP contribution in [0.5, 0.6) is 0 Å². The van der Waals surface area contributed by atoms with Crippen LogP contribution in [0.2, 0.25) is 0 Å². The second kappa shape index (κ2) is 10.5. The minimum Gasteiger partial charge on any atom is -0.349 e. The second-order valence-corrected chi connectivity index (χ2v) is 7.20. The fourth-order valence-electron chi connectivity index (χ4n) is 3.53. The Balaban J connectivity index is 2.07. The lowest BCUT2D eigenvalue weighted by atomic mass is 9.98. The van der Waals surface area contributed by atoms with Gasteiger partial charge >= 0.3 is 0 Å². The molecule has 1 aromatic heterocycles. The highest BCUT2D eigenvalue weighted by atomic mass is 16.1. The number of H-pyrrole nitrogens is 1. The van der Waals surface area contributed by atoms with Gasteiger partial charge in [-0.1, -0.05) is 56.5 Å². The topological polar surface area (TPSA) is 85.8 Å². The molecule has 5 nitrogen and oxygen atoms in total. The first-order valence-electron chi connectivity index (χ1n) is 9.94. The number of aromatic nitrogens is 1. The first-order valence-corrected chi connectivity index (χ1v) is 9.94. The van der Waals surface area contributed by atoms with Crippen LogP contribution >= 0.6 is 0 Å². The average Bonchev–Trinajstić information content (AvgIpc) is 2.68. The zero-order valence-electron chi connectivity index (χ0n) is 17.0. The minimum absolute atomic E-state index is 0.00712. The molecule has 1 unspecified atom stereocenters. The van der Waals surface area contributed by atoms with Gasteiger partial charge in [0.2, 0.25) is 5.91 Å². The van der Waals surface area contributed by atoms with Crippen molar-refractivity contribution in [1.29, 1.82) is 5.26 Å². The van der Waals surface area contributed by atoms with Crippen molar-refractivity contribution in [2.75, 3.05) is 0 Å². The summed E-state index contributed by atoms with van der Waals surface area (Å²) in [5.74, 6) is -0.0196. The van der Waals surface area contributed by atoms with E-state index in [-0.39, 0.29) is 23.1 Å². The highest BCUT2D eigenvalue weighted by Crippen LogP contribution is 2.21. The molecule has 0 saturated carbocycles. The first-order chi connectivity index (χ1) is 13.5. The van der Waals surface area contributed by atoms with Gasteiger partial charge in [-0.05, 0) is 43.4 Å². The summed E-state index contributed by atoms with van der Waals surface area (Å²) in [7, 11) is 0. The van der Waals surface area contributed by atoms with Crippen molar-refractivity contribution >= 4 is 5.91 Å². The molecular formula is C23H29N3O2. The number of nitrogens with one attached hydrogen (secondary N) is 2. The number of unbranched alkanes of at least 4 members (excludes halogenated alkanes) is 2. The number of nitrogens with zero attached hydrogens (tertiary/aromatic N) is 1. The van der Waals surface area contributed by atoms with E-state index in [9.17, 15) is 14.9 Å². The predicted octanol–water partition coefficient (Wildman–Crippen LogP) is 4.23. The van der Waals surface area contributed by atoms with E-state index >= 15 is 0 Å². The Labute approximate surface area is 166 Å². The molecule has 0 fully saturated rings. The van der Waals surface area contributed by atoms with Crippen molar-refractivity contribution in [3.63, 3.8) is 0 Å². The van der Waals surface area contributed by atoms with Crippen LogP contribution in [0.3, 0.4) is 0 Å². The van der Waals surface area contributed by atoms with E-state index in [1.807, 2.05) is 36.4 Å². The molecule has 5 heteroatoms. The van der Waals surface area contributed by atoms with Gasteiger partial charge in [-0.3, -0.25) is 9.59 Å². The Morgan fingerprint density at radius 3 is 2.57 bits per heavy atom. The summed E-state index contributed by atoms with van der Waals surface area (Å²) in [5, 5.41) is 12.4. The van der Waals surface area contributed by atoms with Gasteiger partial charge in [0.25, 0.3) is 5.56 Å². The van der Waals surface area contributed by atoms with Gasteiger partial charge < -0.3 is 10.3 Å². The van der Waals surface area contributed by atoms with Crippen LogP contribution in [-0.2, 0) is 11.2 Å². The lowest BCUT2D eigenvalue weighted by Crippen LogP contribution is -2.29. The van der Waals surface area contributed by atoms with Gasteiger partial charge in [0.1, 0.15) is 11.6 Å². The number of carbonyl (C=O) groups is 1. The smallest absolute Gasteiger partial charge is 0.266 e. The molecule has 1 atom stereocenters. The number of aryl methyl sites for hydroxylation is 1. The van der Waals surface area contributed by atoms with Crippen LogP contribution in [-0.4, -0.2) is 10.9 Å². The Morgan fingerprint density at radius 1 is 1.21 bits per heavy atom. The number of aromatic amines is 1. The molecule has 0 aliphatic heterocycles. The molecule has 2 N–H and O–H groups in total. The molecular weight excluding hydrogens is 350 g/mol. The van der Waals surface area contributed by atoms with Crippen molar-refractivity contribution in [1.82, 2.24) is 10.3 Å². The predicted molar refractivity (Wildman–Crippen MR) is 111 cm³/mol. The average molecular weight is 380 g/mol. The maximum Gasteiger partial charge on any atom is 0.266 e. The Bertz CT molecular complexity index is 895. The van der Waals surface area contributed by atoms with E-state index in [0.29, 0.717) is 18.4 Å². The van der Waals surface area contributed by atoms with E-state index in [1.165, 1.54) is 0 Å². The van der Waals surface area contributed by atoms with Gasteiger partial charge in [-0.25, -0.2) is 0 Å². The maximum atomic E-state index is 12.6. The van der Waals surface area contributed by atoms with Gasteiger partial charge in [-0.15, -0.1) is 0 Å². The zero-order chi connectivity index (χ0) is 20.5. The van der Waals surface area contributed by atoms with E-state index < -0.39 is 0 Å². The van der Waals surface area contributed by atoms with Gasteiger partial charge in [0.05, 0.1) is 6.04 Å². The summed E-state index contributed by atoms with van der Waals surface area (Å²) in [6.07, 6.45) is 5.08. The first kappa shape index (κ1) is 21.4. The van der Waals surface area contributed by atoms with Gasteiger partial charge in [0, 0.05) is 12.1 Å². The van der Waals surface area contributed by atoms with Crippen LogP contribution < -0.4 is 10.9 Å². The second-order valence-electron chi connectivity index (χ2n) is 7.20. The summed E-state index contributed by atoms with van der Waals surface area (Å²) < 4.78 is 0. The van der Waals surface area contributed by atoms with Crippen LogP contribution in [0, 0.1) is 25.2 Å². The van der Waals surface area contributed by atoms with E-state index in [0.717, 1.165) is 42.5 Å². The van der Waals surface area contributed by atoms with Crippen molar-refractivity contribution in [2.24, 2.45) is 0 Å². The maximum absolute atomic E-state index is 12.6. The number of pyridine rings is 1. The third kappa shape index (κ3) is 5.56. The van der Waals surface area contributed by atoms with Crippen LogP contribution in [0.25, 0.3) is 0 Å². The number of amides is 1. The molecule has 0 spiro atoms. The number of rotatable bonds is 9. The molecule has 2 aromatic rings. The Morgan fingerprint density at radius 2 is 1.93 bits per heavy atom. The number of carbonyl (C=O) groups excluding carboxylic acids is 1. The normalized spacial score (nSPS) is 11.6. The standard InChI is InChI=1S/C23H29N3O2/c1-4-5-7-12-21(18-10-8-6-9-11-18)26-22(27)14-13-19-16(2)20(15-24)23(28)25-17(19)3/h6,8-11,21H,4-5,7,12-14H2,1-3H3,(H,25,28)(H,26,27). The summed E-state index contributed by atoms with van der Waals surface area (Å²) in [4.78, 5) is 27.2. The van der Waals surface area contributed by atoms with E-state index in [2.05, 4.69) is 17.2 Å². The van der Waals surface area contributed by atoms with Crippen LogP contribution in [0.1, 0.15) is 73.0 Å². The fraction of sp³-hybridized carbons (Fsp3) is 0.435. The number of nitriles is 1. The number of benzene rings is 1. The molecule has 1 aromatic carbocycles. The SMILES string of the molecule is CCCCCC(NC(=O)CCc1c(C)[nH]c(=O)c(C#N)c1C)c1ccccc1. The van der Waals surface area contributed by atoms with E-state index in [4.69, 9.17) is 0 Å². The van der Waals surface area contributed by atoms with Crippen molar-refractivity contribution in [3.05, 3.63) is 68.6 Å².